The third kappa shape index (κ3) is 7.66. The highest BCUT2D eigenvalue weighted by atomic mass is 16.7. The molecule has 1 saturated heterocycles. The van der Waals surface area contributed by atoms with E-state index in [2.05, 4.69) is 15.2 Å². The molecule has 290 valence electrons. The van der Waals surface area contributed by atoms with Crippen molar-refractivity contribution < 1.29 is 61.9 Å². The number of methoxy groups -OCH3 is 4. The van der Waals surface area contributed by atoms with Crippen molar-refractivity contribution in [1.29, 1.82) is 0 Å². The topological polar surface area (TPSA) is 190 Å². The number of hydrogen-bond donors (Lipinski definition) is 2. The van der Waals surface area contributed by atoms with E-state index < -0.39 is 42.2 Å². The van der Waals surface area contributed by atoms with Gasteiger partial charge < -0.3 is 48.2 Å². The van der Waals surface area contributed by atoms with E-state index in [1.54, 1.807) is 19.1 Å². The van der Waals surface area contributed by atoms with E-state index in [0.29, 0.717) is 25.1 Å². The van der Waals surface area contributed by atoms with Gasteiger partial charge in [-0.2, -0.15) is 0 Å². The Hall–Kier alpha value is -5.35. The van der Waals surface area contributed by atoms with Gasteiger partial charge in [0.2, 0.25) is 11.7 Å². The van der Waals surface area contributed by atoms with Gasteiger partial charge in [-0.3, -0.25) is 14.5 Å². The number of nitrogens with one attached hydrogen (secondary N) is 2. The van der Waals surface area contributed by atoms with E-state index in [9.17, 15) is 24.0 Å². The highest BCUT2D eigenvalue weighted by Crippen LogP contribution is 2.51. The Labute approximate surface area is 311 Å². The Balaban J connectivity index is 1.23. The lowest BCUT2D eigenvalue weighted by molar-refractivity contribution is -0.176. The van der Waals surface area contributed by atoms with Crippen molar-refractivity contribution in [2.24, 2.45) is 17.8 Å². The number of aromatic amines is 1. The van der Waals surface area contributed by atoms with E-state index >= 15 is 0 Å². The molecule has 1 amide bonds. The maximum absolute atomic E-state index is 13.7. The fourth-order valence-electron chi connectivity index (χ4n) is 8.19. The van der Waals surface area contributed by atoms with Crippen molar-refractivity contribution in [2.45, 2.75) is 51.4 Å². The van der Waals surface area contributed by atoms with Gasteiger partial charge in [-0.1, -0.05) is 0 Å². The summed E-state index contributed by atoms with van der Waals surface area (Å²) >= 11 is 0. The SMILES string of the molecule is CCOC(=O)Oc1c(OC)cc(C(=O)OC2CC3CN4CCc5c([nH]c6cc(OC(=O)CNC(C)=O)ccc56)C4CC3C(C(=O)OC)C2OC)cc1OC. The van der Waals surface area contributed by atoms with E-state index in [1.165, 1.54) is 53.1 Å². The molecule has 2 fully saturated rings. The zero-order valence-electron chi connectivity index (χ0n) is 31.1. The number of hydrogen-bond acceptors (Lipinski definition) is 14. The monoisotopic (exact) mass is 751 g/mol. The summed E-state index contributed by atoms with van der Waals surface area (Å²) in [6.45, 7) is 4.25. The normalized spacial score (nSPS) is 23.1. The maximum Gasteiger partial charge on any atom is 0.514 e. The smallest absolute Gasteiger partial charge is 0.493 e. The fraction of sp³-hybridized carbons (Fsp3) is 0.500. The minimum Gasteiger partial charge on any atom is -0.493 e. The molecule has 16 heteroatoms. The molecule has 0 spiro atoms. The Morgan fingerprint density at radius 1 is 0.963 bits per heavy atom. The molecule has 2 aromatic carbocycles. The molecule has 1 saturated carbocycles. The quantitative estimate of drug-likeness (QED) is 0.125. The molecule has 3 heterocycles. The maximum atomic E-state index is 13.7. The van der Waals surface area contributed by atoms with Crippen LogP contribution in [0.2, 0.25) is 0 Å². The summed E-state index contributed by atoms with van der Waals surface area (Å²) < 4.78 is 43.8. The van der Waals surface area contributed by atoms with Crippen LogP contribution in [0.1, 0.15) is 54.3 Å². The third-order valence-electron chi connectivity index (χ3n) is 10.5. The predicted molar refractivity (Wildman–Crippen MR) is 190 cm³/mol. The molecule has 3 aromatic rings. The molecule has 6 rings (SSSR count). The fourth-order valence-corrected chi connectivity index (χ4v) is 8.19. The molecule has 16 nitrogen and oxygen atoms in total. The van der Waals surface area contributed by atoms with Gasteiger partial charge in [-0.05, 0) is 67.9 Å². The number of piperidine rings is 1. The Morgan fingerprint density at radius 3 is 2.35 bits per heavy atom. The van der Waals surface area contributed by atoms with Crippen LogP contribution >= 0.6 is 0 Å². The van der Waals surface area contributed by atoms with Gasteiger partial charge in [0, 0.05) is 49.8 Å². The molecule has 1 aliphatic carbocycles. The molecule has 2 aliphatic heterocycles. The average molecular weight is 752 g/mol. The lowest BCUT2D eigenvalue weighted by Crippen LogP contribution is -2.58. The van der Waals surface area contributed by atoms with Crippen molar-refractivity contribution in [1.82, 2.24) is 15.2 Å². The second kappa shape index (κ2) is 16.3. The zero-order chi connectivity index (χ0) is 38.7. The molecule has 0 bridgehead atoms. The number of carbonyl (C=O) groups excluding carboxylic acids is 5. The van der Waals surface area contributed by atoms with Gasteiger partial charge >= 0.3 is 24.1 Å². The first kappa shape index (κ1) is 38.4. The molecule has 2 N–H and O–H groups in total. The van der Waals surface area contributed by atoms with Crippen LogP contribution in [0.4, 0.5) is 4.79 Å². The third-order valence-corrected chi connectivity index (χ3v) is 10.5. The van der Waals surface area contributed by atoms with Crippen molar-refractivity contribution >= 4 is 40.9 Å². The van der Waals surface area contributed by atoms with Crippen LogP contribution in [-0.2, 0) is 39.8 Å². The summed E-state index contributed by atoms with van der Waals surface area (Å²) in [6.07, 6.45) is -0.711. The lowest BCUT2D eigenvalue weighted by atomic mass is 9.63. The average Bonchev–Trinajstić information content (AvgIpc) is 3.53. The molecule has 0 radical (unpaired) electrons. The van der Waals surface area contributed by atoms with E-state index in [-0.39, 0.29) is 59.7 Å². The second-order valence-corrected chi connectivity index (χ2v) is 13.5. The number of aromatic nitrogens is 1. The highest BCUT2D eigenvalue weighted by Gasteiger charge is 2.54. The summed E-state index contributed by atoms with van der Waals surface area (Å²) in [5.74, 6) is -2.58. The molecule has 54 heavy (non-hydrogen) atoms. The Kier molecular flexibility index (Phi) is 11.6. The van der Waals surface area contributed by atoms with Crippen LogP contribution < -0.4 is 24.3 Å². The Bertz CT molecular complexity index is 1900. The molecule has 6 atom stereocenters. The number of fused-ring (bicyclic) bond motifs is 6. The molecule has 3 aliphatic rings. The molecular formula is C38H45N3O13. The van der Waals surface area contributed by atoms with Crippen LogP contribution in [0.3, 0.4) is 0 Å². The Morgan fingerprint density at radius 2 is 1.70 bits per heavy atom. The highest BCUT2D eigenvalue weighted by molar-refractivity contribution is 5.92. The first-order valence-corrected chi connectivity index (χ1v) is 17.8. The van der Waals surface area contributed by atoms with Crippen molar-refractivity contribution in [3.05, 3.63) is 47.2 Å². The number of ether oxygens (including phenoxy) is 8. The summed E-state index contributed by atoms with van der Waals surface area (Å²) in [7, 11) is 5.53. The van der Waals surface area contributed by atoms with E-state index in [1.807, 2.05) is 6.07 Å². The van der Waals surface area contributed by atoms with Gasteiger partial charge in [-0.25, -0.2) is 14.4 Å². The van der Waals surface area contributed by atoms with Crippen LogP contribution in [0, 0.1) is 17.8 Å². The second-order valence-electron chi connectivity index (χ2n) is 13.5. The van der Waals surface area contributed by atoms with E-state index in [0.717, 1.165) is 29.6 Å². The zero-order valence-corrected chi connectivity index (χ0v) is 31.1. The predicted octanol–water partition coefficient (Wildman–Crippen LogP) is 3.73. The number of H-pyrrole nitrogens is 1. The van der Waals surface area contributed by atoms with Crippen molar-refractivity contribution in [3.63, 3.8) is 0 Å². The number of rotatable bonds is 11. The standard InChI is InChI=1S/C38H45N3O13/c1-7-51-38(46)54-34-28(47-3)12-20(13-29(34)48-4)36(44)53-30-14-21-18-41-11-10-24-23-9-8-22(52-31(43)17-39-19(2)42)15-26(23)40-33(24)27(41)16-25(21)32(35(30)49-5)37(45)50-6/h8-9,12-13,15,21,25,27,30,32,35,40H,7,10-11,14,16-18H2,1-6H3,(H,39,42). The summed E-state index contributed by atoms with van der Waals surface area (Å²) in [5.41, 5.74) is 3.10. The minimum absolute atomic E-state index is 0.0282. The number of benzene rings is 2. The summed E-state index contributed by atoms with van der Waals surface area (Å²) in [6, 6.07) is 8.16. The number of amides is 1. The minimum atomic E-state index is -0.963. The van der Waals surface area contributed by atoms with Gasteiger partial charge in [0.15, 0.2) is 11.5 Å². The van der Waals surface area contributed by atoms with Gasteiger partial charge in [-0.15, -0.1) is 0 Å². The summed E-state index contributed by atoms with van der Waals surface area (Å²) in [5, 5.41) is 3.46. The van der Waals surface area contributed by atoms with Gasteiger partial charge in [0.25, 0.3) is 0 Å². The van der Waals surface area contributed by atoms with Crippen LogP contribution in [-0.4, -0.2) is 107 Å². The molecule has 1 aromatic heterocycles. The molecular weight excluding hydrogens is 706 g/mol. The van der Waals surface area contributed by atoms with Crippen LogP contribution in [0.15, 0.2) is 30.3 Å². The summed E-state index contributed by atoms with van der Waals surface area (Å²) in [4.78, 5) is 68.8. The van der Waals surface area contributed by atoms with Gasteiger partial charge in [0.1, 0.15) is 24.5 Å². The lowest BCUT2D eigenvalue weighted by Gasteiger charge is -2.52. The first-order chi connectivity index (χ1) is 26.0. The number of esters is 3. The van der Waals surface area contributed by atoms with Crippen molar-refractivity contribution in [3.8, 4) is 23.0 Å². The molecule has 6 unspecified atom stereocenters. The van der Waals surface area contributed by atoms with E-state index in [4.69, 9.17) is 37.9 Å². The largest absolute Gasteiger partial charge is 0.514 e. The van der Waals surface area contributed by atoms with Crippen molar-refractivity contribution in [2.75, 3.05) is 54.7 Å². The number of carbonyl (C=O) groups is 5. The first-order valence-electron chi connectivity index (χ1n) is 17.8. The van der Waals surface area contributed by atoms with Crippen LogP contribution in [0.25, 0.3) is 10.9 Å². The van der Waals surface area contributed by atoms with Crippen LogP contribution in [0.5, 0.6) is 23.0 Å². The van der Waals surface area contributed by atoms with Gasteiger partial charge in [0.05, 0.1) is 45.5 Å². The number of nitrogens with zero attached hydrogens (tertiary/aromatic N) is 1.